The molecule has 3 aromatic carbocycles. The third-order valence-electron chi connectivity index (χ3n) is 6.10. The predicted molar refractivity (Wildman–Crippen MR) is 124 cm³/mol. The summed E-state index contributed by atoms with van der Waals surface area (Å²) >= 11 is 5.97. The van der Waals surface area contributed by atoms with Gasteiger partial charge in [-0.05, 0) is 72.4 Å². The van der Waals surface area contributed by atoms with Gasteiger partial charge in [0.25, 0.3) is 0 Å². The zero-order chi connectivity index (χ0) is 20.7. The molecule has 30 heavy (non-hydrogen) atoms. The number of fused-ring (bicyclic) bond motifs is 3. The SMILES string of the molecule is Cc1ccc2c(c1)[C@@H]1C=CC[C@@H]1[C@@H](c1ccc(N=Cc3ccc(O)c(Cl)c3)cc1)N2. The highest BCUT2D eigenvalue weighted by atomic mass is 35.5. The molecule has 4 heteroatoms. The van der Waals surface area contributed by atoms with E-state index in [4.69, 9.17) is 11.6 Å². The van der Waals surface area contributed by atoms with Crippen molar-refractivity contribution in [3.63, 3.8) is 0 Å². The van der Waals surface area contributed by atoms with Gasteiger partial charge in [0.05, 0.1) is 16.8 Å². The summed E-state index contributed by atoms with van der Waals surface area (Å²) in [6.07, 6.45) is 7.55. The molecule has 0 saturated carbocycles. The first-order valence-electron chi connectivity index (χ1n) is 10.2. The van der Waals surface area contributed by atoms with Crippen LogP contribution in [0.1, 0.15) is 40.6 Å². The van der Waals surface area contributed by atoms with Crippen molar-refractivity contribution in [1.29, 1.82) is 0 Å². The Labute approximate surface area is 181 Å². The van der Waals surface area contributed by atoms with Gasteiger partial charge in [-0.15, -0.1) is 0 Å². The predicted octanol–water partition coefficient (Wildman–Crippen LogP) is 6.93. The second-order valence-corrected chi connectivity index (χ2v) is 8.53. The van der Waals surface area contributed by atoms with Crippen LogP contribution in [-0.2, 0) is 0 Å². The quantitative estimate of drug-likeness (QED) is 0.360. The van der Waals surface area contributed by atoms with E-state index in [1.54, 1.807) is 24.4 Å². The highest BCUT2D eigenvalue weighted by Crippen LogP contribution is 2.50. The molecule has 0 aromatic heterocycles. The summed E-state index contributed by atoms with van der Waals surface area (Å²) in [6, 6.07) is 20.5. The van der Waals surface area contributed by atoms with E-state index in [0.29, 0.717) is 16.9 Å². The molecular weight excluding hydrogens is 392 g/mol. The minimum Gasteiger partial charge on any atom is -0.506 e. The normalized spacial score (nSPS) is 22.0. The molecule has 3 nitrogen and oxygen atoms in total. The number of benzene rings is 3. The minimum atomic E-state index is 0.0783. The Morgan fingerprint density at radius 1 is 1.07 bits per heavy atom. The molecule has 0 bridgehead atoms. The third-order valence-corrected chi connectivity index (χ3v) is 6.41. The van der Waals surface area contributed by atoms with Gasteiger partial charge in [0.15, 0.2) is 0 Å². The van der Waals surface area contributed by atoms with Crippen LogP contribution in [0.25, 0.3) is 0 Å². The Morgan fingerprint density at radius 2 is 1.90 bits per heavy atom. The smallest absolute Gasteiger partial charge is 0.134 e. The highest BCUT2D eigenvalue weighted by molar-refractivity contribution is 6.32. The topological polar surface area (TPSA) is 44.6 Å². The van der Waals surface area contributed by atoms with Crippen LogP contribution >= 0.6 is 11.6 Å². The van der Waals surface area contributed by atoms with Gasteiger partial charge in [0, 0.05) is 17.8 Å². The molecule has 1 aliphatic carbocycles. The number of aryl methyl sites for hydroxylation is 1. The molecule has 3 atom stereocenters. The van der Waals surface area contributed by atoms with Crippen molar-refractivity contribution in [2.75, 3.05) is 5.32 Å². The zero-order valence-electron chi connectivity index (χ0n) is 16.7. The van der Waals surface area contributed by atoms with Gasteiger partial charge >= 0.3 is 0 Å². The standard InChI is InChI=1S/C26H23ClN2O/c1-16-5-11-24-22(13-16)20-3-2-4-21(20)26(29-24)18-7-9-19(10-8-18)28-15-17-6-12-25(30)23(27)14-17/h2-3,5-15,20-21,26,29-30H,4H2,1H3/t20-,21+,26-/m1/s1. The number of phenols is 1. The molecule has 0 radical (unpaired) electrons. The lowest BCUT2D eigenvalue weighted by molar-refractivity contribution is 0.425. The highest BCUT2D eigenvalue weighted by Gasteiger charge is 2.37. The van der Waals surface area contributed by atoms with E-state index in [1.807, 2.05) is 0 Å². The fourth-order valence-electron chi connectivity index (χ4n) is 4.56. The van der Waals surface area contributed by atoms with Gasteiger partial charge in [-0.2, -0.15) is 0 Å². The number of allylic oxidation sites excluding steroid dienone is 2. The first-order valence-corrected chi connectivity index (χ1v) is 10.6. The van der Waals surface area contributed by atoms with Crippen LogP contribution in [0.2, 0.25) is 5.02 Å². The average molecular weight is 415 g/mol. The molecule has 0 spiro atoms. The number of hydrogen-bond acceptors (Lipinski definition) is 3. The molecule has 5 rings (SSSR count). The minimum absolute atomic E-state index is 0.0783. The van der Waals surface area contributed by atoms with E-state index >= 15 is 0 Å². The molecule has 0 saturated heterocycles. The summed E-state index contributed by atoms with van der Waals surface area (Å²) in [5.74, 6) is 1.09. The van der Waals surface area contributed by atoms with E-state index in [1.165, 1.54) is 22.4 Å². The van der Waals surface area contributed by atoms with Gasteiger partial charge in [-0.1, -0.05) is 53.6 Å². The van der Waals surface area contributed by atoms with E-state index in [-0.39, 0.29) is 11.8 Å². The monoisotopic (exact) mass is 414 g/mol. The Balaban J connectivity index is 1.38. The largest absolute Gasteiger partial charge is 0.506 e. The Morgan fingerprint density at radius 3 is 2.70 bits per heavy atom. The number of rotatable bonds is 3. The number of phenolic OH excluding ortho intramolecular Hbond substituents is 1. The molecule has 1 aliphatic heterocycles. The number of nitrogens with zero attached hydrogens (tertiary/aromatic N) is 1. The summed E-state index contributed by atoms with van der Waals surface area (Å²) in [4.78, 5) is 4.55. The van der Waals surface area contributed by atoms with Gasteiger partial charge < -0.3 is 10.4 Å². The lowest BCUT2D eigenvalue weighted by Crippen LogP contribution is -2.29. The summed E-state index contributed by atoms with van der Waals surface area (Å²) in [7, 11) is 0. The van der Waals surface area contributed by atoms with Crippen molar-refractivity contribution in [3.8, 4) is 5.75 Å². The van der Waals surface area contributed by atoms with E-state index in [9.17, 15) is 5.11 Å². The van der Waals surface area contributed by atoms with Crippen LogP contribution in [0.4, 0.5) is 11.4 Å². The Kier molecular flexibility index (Phi) is 4.84. The molecule has 0 fully saturated rings. The summed E-state index contributed by atoms with van der Waals surface area (Å²) < 4.78 is 0. The first kappa shape index (κ1) is 19.0. The lowest BCUT2D eigenvalue weighted by Gasteiger charge is -2.37. The average Bonchev–Trinajstić information content (AvgIpc) is 3.25. The fourth-order valence-corrected chi connectivity index (χ4v) is 4.75. The van der Waals surface area contributed by atoms with Crippen molar-refractivity contribution in [1.82, 2.24) is 0 Å². The second-order valence-electron chi connectivity index (χ2n) is 8.13. The number of aliphatic imine (C=N–C) groups is 1. The van der Waals surface area contributed by atoms with Gasteiger partial charge in [0.1, 0.15) is 5.75 Å². The molecule has 3 aromatic rings. The maximum Gasteiger partial charge on any atom is 0.134 e. The molecule has 2 aliphatic rings. The Hall–Kier alpha value is -3.04. The summed E-state index contributed by atoms with van der Waals surface area (Å²) in [5.41, 5.74) is 6.98. The van der Waals surface area contributed by atoms with Gasteiger partial charge in [-0.3, -0.25) is 4.99 Å². The maximum atomic E-state index is 9.54. The number of hydrogen-bond donors (Lipinski definition) is 2. The van der Waals surface area contributed by atoms with Crippen LogP contribution < -0.4 is 5.32 Å². The van der Waals surface area contributed by atoms with Gasteiger partial charge in [0.2, 0.25) is 0 Å². The van der Waals surface area contributed by atoms with Crippen molar-refractivity contribution < 1.29 is 5.11 Å². The van der Waals surface area contributed by atoms with E-state index in [0.717, 1.165) is 17.7 Å². The number of halogens is 1. The Bertz CT molecular complexity index is 1150. The van der Waals surface area contributed by atoms with Gasteiger partial charge in [-0.25, -0.2) is 0 Å². The number of aromatic hydroxyl groups is 1. The van der Waals surface area contributed by atoms with Crippen LogP contribution in [0, 0.1) is 12.8 Å². The van der Waals surface area contributed by atoms with Crippen LogP contribution in [0.3, 0.4) is 0 Å². The zero-order valence-corrected chi connectivity index (χ0v) is 17.5. The van der Waals surface area contributed by atoms with Crippen molar-refractivity contribution >= 4 is 29.2 Å². The summed E-state index contributed by atoms with van der Waals surface area (Å²) in [6.45, 7) is 2.16. The maximum absolute atomic E-state index is 9.54. The van der Waals surface area contributed by atoms with Crippen LogP contribution in [-0.4, -0.2) is 11.3 Å². The van der Waals surface area contributed by atoms with E-state index in [2.05, 4.69) is 71.8 Å². The molecule has 0 unspecified atom stereocenters. The van der Waals surface area contributed by atoms with Crippen molar-refractivity contribution in [3.05, 3.63) is 100 Å². The van der Waals surface area contributed by atoms with Crippen molar-refractivity contribution in [2.24, 2.45) is 10.9 Å². The van der Waals surface area contributed by atoms with Crippen molar-refractivity contribution in [2.45, 2.75) is 25.3 Å². The van der Waals surface area contributed by atoms with Crippen LogP contribution in [0.15, 0.2) is 77.8 Å². The molecule has 0 amide bonds. The number of nitrogens with one attached hydrogen (secondary N) is 1. The fraction of sp³-hybridized carbons (Fsp3) is 0.192. The number of anilines is 1. The van der Waals surface area contributed by atoms with E-state index < -0.39 is 0 Å². The lowest BCUT2D eigenvalue weighted by atomic mass is 9.76. The second kappa shape index (κ2) is 7.66. The summed E-state index contributed by atoms with van der Waals surface area (Å²) in [5, 5.41) is 13.6. The molecular formula is C26H23ClN2O. The molecule has 2 N–H and O–H groups in total. The molecule has 150 valence electrons. The first-order chi connectivity index (χ1) is 14.6. The third kappa shape index (κ3) is 3.50. The van der Waals surface area contributed by atoms with Crippen LogP contribution in [0.5, 0.6) is 5.75 Å². The molecule has 1 heterocycles.